The van der Waals surface area contributed by atoms with Gasteiger partial charge in [0, 0.05) is 42.6 Å². The molecule has 1 fully saturated rings. The number of halogens is 1. The molecule has 2 heterocycles. The van der Waals surface area contributed by atoms with Gasteiger partial charge in [-0.1, -0.05) is 44.5 Å². The summed E-state index contributed by atoms with van der Waals surface area (Å²) in [5, 5.41) is 14.0. The van der Waals surface area contributed by atoms with Crippen molar-refractivity contribution in [2.24, 2.45) is 5.92 Å². The molecule has 4 aromatic rings. The SMILES string of the molecule is COc1cc2c(Oc3ccc(Nc4ccc(C(C)(C)C)cc4)c(Cl)c3)ccnc2cc1OCCCN1CCC(CCO)CC1. The Morgan fingerprint density at radius 1 is 0.977 bits per heavy atom. The van der Waals surface area contributed by atoms with E-state index in [2.05, 4.69) is 60.2 Å². The summed E-state index contributed by atoms with van der Waals surface area (Å²) in [4.78, 5) is 7.05. The van der Waals surface area contributed by atoms with Crippen molar-refractivity contribution in [3.8, 4) is 23.0 Å². The van der Waals surface area contributed by atoms with Gasteiger partial charge in [0.1, 0.15) is 11.5 Å². The van der Waals surface area contributed by atoms with Gasteiger partial charge in [-0.25, -0.2) is 0 Å². The molecule has 7 nitrogen and oxygen atoms in total. The molecule has 8 heteroatoms. The minimum atomic E-state index is 0.102. The number of nitrogens with one attached hydrogen (secondary N) is 1. The number of aromatic nitrogens is 1. The number of nitrogens with zero attached hydrogens (tertiary/aromatic N) is 2. The molecule has 44 heavy (non-hydrogen) atoms. The molecule has 0 radical (unpaired) electrons. The van der Waals surface area contributed by atoms with Crippen LogP contribution in [0.4, 0.5) is 11.4 Å². The molecule has 234 valence electrons. The largest absolute Gasteiger partial charge is 0.493 e. The van der Waals surface area contributed by atoms with Crippen LogP contribution in [0.2, 0.25) is 5.02 Å². The molecule has 0 spiro atoms. The number of piperidine rings is 1. The van der Waals surface area contributed by atoms with Crippen molar-refractivity contribution in [3.05, 3.63) is 77.4 Å². The maximum absolute atomic E-state index is 9.18. The summed E-state index contributed by atoms with van der Waals surface area (Å²) >= 11 is 6.66. The zero-order valence-electron chi connectivity index (χ0n) is 26.2. The highest BCUT2D eigenvalue weighted by Gasteiger charge is 2.19. The molecule has 0 bridgehead atoms. The predicted octanol–water partition coefficient (Wildman–Crippen LogP) is 8.59. The first-order valence-electron chi connectivity index (χ1n) is 15.5. The second kappa shape index (κ2) is 14.5. The Hall–Kier alpha value is -3.52. The predicted molar refractivity (Wildman–Crippen MR) is 179 cm³/mol. The molecular formula is C36H44ClN3O4. The molecule has 5 rings (SSSR count). The van der Waals surface area contributed by atoms with E-state index in [1.54, 1.807) is 13.3 Å². The van der Waals surface area contributed by atoms with Crippen LogP contribution >= 0.6 is 11.6 Å². The normalized spacial score (nSPS) is 14.5. The first kappa shape index (κ1) is 31.9. The fourth-order valence-corrected chi connectivity index (χ4v) is 5.86. The van der Waals surface area contributed by atoms with E-state index in [-0.39, 0.29) is 5.41 Å². The maximum atomic E-state index is 9.18. The van der Waals surface area contributed by atoms with Crippen LogP contribution in [0.1, 0.15) is 52.0 Å². The van der Waals surface area contributed by atoms with Gasteiger partial charge >= 0.3 is 0 Å². The number of likely N-dealkylation sites (tertiary alicyclic amines) is 1. The molecule has 1 aliphatic rings. The van der Waals surface area contributed by atoms with Crippen molar-refractivity contribution >= 4 is 33.9 Å². The second-order valence-corrected chi connectivity index (χ2v) is 12.9. The third-order valence-electron chi connectivity index (χ3n) is 8.31. The van der Waals surface area contributed by atoms with Crippen molar-refractivity contribution in [1.29, 1.82) is 0 Å². The van der Waals surface area contributed by atoms with Crippen LogP contribution in [0.3, 0.4) is 0 Å². The fourth-order valence-electron chi connectivity index (χ4n) is 5.64. The van der Waals surface area contributed by atoms with E-state index in [0.717, 1.165) is 67.6 Å². The van der Waals surface area contributed by atoms with Crippen LogP contribution in [-0.4, -0.2) is 54.9 Å². The molecule has 0 atom stereocenters. The Kier molecular flexibility index (Phi) is 10.5. The Labute approximate surface area is 266 Å². The van der Waals surface area contributed by atoms with Gasteiger partial charge in [-0.2, -0.15) is 0 Å². The van der Waals surface area contributed by atoms with E-state index in [9.17, 15) is 5.11 Å². The monoisotopic (exact) mass is 617 g/mol. The summed E-state index contributed by atoms with van der Waals surface area (Å²) in [7, 11) is 1.64. The number of anilines is 2. The summed E-state index contributed by atoms with van der Waals surface area (Å²) in [6, 6.07) is 19.7. The van der Waals surface area contributed by atoms with Crippen LogP contribution in [0.5, 0.6) is 23.0 Å². The average Bonchev–Trinajstić information content (AvgIpc) is 3.01. The van der Waals surface area contributed by atoms with Gasteiger partial charge in [0.05, 0.1) is 29.9 Å². The van der Waals surface area contributed by atoms with Gasteiger partial charge < -0.3 is 29.5 Å². The van der Waals surface area contributed by atoms with Crippen molar-refractivity contribution in [2.75, 3.05) is 45.3 Å². The topological polar surface area (TPSA) is 76.1 Å². The Morgan fingerprint density at radius 2 is 1.75 bits per heavy atom. The molecule has 0 unspecified atom stereocenters. The van der Waals surface area contributed by atoms with Crippen molar-refractivity contribution < 1.29 is 19.3 Å². The van der Waals surface area contributed by atoms with E-state index in [4.69, 9.17) is 25.8 Å². The molecular weight excluding hydrogens is 574 g/mol. The number of aliphatic hydroxyl groups is 1. The molecule has 1 saturated heterocycles. The van der Waals surface area contributed by atoms with Crippen LogP contribution in [0.15, 0.2) is 66.9 Å². The lowest BCUT2D eigenvalue weighted by molar-refractivity contribution is 0.150. The Bertz CT molecular complexity index is 1530. The lowest BCUT2D eigenvalue weighted by Crippen LogP contribution is -2.35. The Balaban J connectivity index is 1.21. The highest BCUT2D eigenvalue weighted by molar-refractivity contribution is 6.33. The van der Waals surface area contributed by atoms with E-state index in [1.807, 2.05) is 36.4 Å². The molecule has 2 N–H and O–H groups in total. The Morgan fingerprint density at radius 3 is 2.43 bits per heavy atom. The number of hydrogen-bond acceptors (Lipinski definition) is 7. The van der Waals surface area contributed by atoms with Gasteiger partial charge in [-0.05, 0) is 92.1 Å². The first-order valence-corrected chi connectivity index (χ1v) is 15.9. The minimum absolute atomic E-state index is 0.102. The number of rotatable bonds is 12. The fraction of sp³-hybridized carbons (Fsp3) is 0.417. The molecule has 1 aliphatic heterocycles. The zero-order chi connectivity index (χ0) is 31.1. The third-order valence-corrected chi connectivity index (χ3v) is 8.62. The van der Waals surface area contributed by atoms with Gasteiger partial charge in [0.15, 0.2) is 11.5 Å². The lowest BCUT2D eigenvalue weighted by atomic mass is 9.87. The number of pyridine rings is 1. The molecule has 1 aromatic heterocycles. The van der Waals surface area contributed by atoms with Crippen LogP contribution < -0.4 is 19.5 Å². The zero-order valence-corrected chi connectivity index (χ0v) is 27.0. The van der Waals surface area contributed by atoms with Crippen LogP contribution in [0.25, 0.3) is 10.9 Å². The summed E-state index contributed by atoms with van der Waals surface area (Å²) in [5.41, 5.74) is 3.91. The first-order chi connectivity index (χ1) is 21.2. The number of methoxy groups -OCH3 is 1. The van der Waals surface area contributed by atoms with E-state index in [1.165, 1.54) is 5.56 Å². The van der Waals surface area contributed by atoms with Gasteiger partial charge in [-0.3, -0.25) is 4.98 Å². The number of fused-ring (bicyclic) bond motifs is 1. The van der Waals surface area contributed by atoms with Crippen molar-refractivity contribution in [1.82, 2.24) is 9.88 Å². The van der Waals surface area contributed by atoms with Crippen molar-refractivity contribution in [3.63, 3.8) is 0 Å². The number of ether oxygens (including phenoxy) is 3. The number of aliphatic hydroxyl groups excluding tert-OH is 1. The summed E-state index contributed by atoms with van der Waals surface area (Å²) in [6.45, 7) is 10.7. The summed E-state index contributed by atoms with van der Waals surface area (Å²) in [6.07, 6.45) is 5.90. The second-order valence-electron chi connectivity index (χ2n) is 12.5. The highest BCUT2D eigenvalue weighted by Crippen LogP contribution is 2.38. The van der Waals surface area contributed by atoms with Gasteiger partial charge in [0.2, 0.25) is 0 Å². The van der Waals surface area contributed by atoms with E-state index >= 15 is 0 Å². The number of hydrogen-bond donors (Lipinski definition) is 2. The van der Waals surface area contributed by atoms with Crippen molar-refractivity contribution in [2.45, 2.75) is 51.9 Å². The smallest absolute Gasteiger partial charge is 0.163 e. The summed E-state index contributed by atoms with van der Waals surface area (Å²) < 4.78 is 18.1. The summed E-state index contributed by atoms with van der Waals surface area (Å²) in [5.74, 6) is 3.23. The van der Waals surface area contributed by atoms with E-state index < -0.39 is 0 Å². The maximum Gasteiger partial charge on any atom is 0.163 e. The van der Waals surface area contributed by atoms with Crippen LogP contribution in [0, 0.1) is 5.92 Å². The standard InChI is InChI=1S/C36H44ClN3O4/c1-36(2,3)26-6-8-27(9-7-26)39-31-11-10-28(22-30(31)37)44-33-12-16-38-32-24-35(34(42-4)23-29(32)33)43-21-5-17-40-18-13-25(14-19-40)15-20-41/h6-12,16,22-25,39,41H,5,13-15,17-21H2,1-4H3. The average molecular weight is 618 g/mol. The van der Waals surface area contributed by atoms with E-state index in [0.29, 0.717) is 47.2 Å². The molecule has 3 aromatic carbocycles. The minimum Gasteiger partial charge on any atom is -0.493 e. The number of benzene rings is 3. The third kappa shape index (κ3) is 8.14. The molecule has 0 aliphatic carbocycles. The highest BCUT2D eigenvalue weighted by atomic mass is 35.5. The van der Waals surface area contributed by atoms with Gasteiger partial charge in [0.25, 0.3) is 0 Å². The lowest BCUT2D eigenvalue weighted by Gasteiger charge is -2.31. The molecule has 0 saturated carbocycles. The quantitative estimate of drug-likeness (QED) is 0.154. The van der Waals surface area contributed by atoms with Crippen LogP contribution in [-0.2, 0) is 5.41 Å². The molecule has 0 amide bonds. The van der Waals surface area contributed by atoms with Gasteiger partial charge in [-0.15, -0.1) is 0 Å².